The van der Waals surface area contributed by atoms with E-state index in [9.17, 15) is 22.8 Å². The molecule has 1 heterocycles. The van der Waals surface area contributed by atoms with Gasteiger partial charge in [-0.3, -0.25) is 9.59 Å². The van der Waals surface area contributed by atoms with Gasteiger partial charge in [0.15, 0.2) is 5.17 Å². The maximum absolute atomic E-state index is 13.3. The van der Waals surface area contributed by atoms with Crippen LogP contribution >= 0.6 is 11.8 Å². The van der Waals surface area contributed by atoms with E-state index in [0.29, 0.717) is 35.1 Å². The van der Waals surface area contributed by atoms with Crippen molar-refractivity contribution in [3.63, 3.8) is 0 Å². The van der Waals surface area contributed by atoms with Gasteiger partial charge in [0.05, 0.1) is 28.4 Å². The number of aliphatic imine (C=N–C) groups is 1. The third-order valence-corrected chi connectivity index (χ3v) is 8.24. The van der Waals surface area contributed by atoms with Crippen LogP contribution in [0.2, 0.25) is 0 Å². The van der Waals surface area contributed by atoms with Crippen molar-refractivity contribution >= 4 is 56.1 Å². The second-order valence-electron chi connectivity index (χ2n) is 9.26. The molecular formula is C29H30N4O6S2. The molecule has 0 radical (unpaired) electrons. The Morgan fingerprint density at radius 2 is 1.71 bits per heavy atom. The van der Waals surface area contributed by atoms with Crippen molar-refractivity contribution in [2.45, 2.75) is 36.8 Å². The number of esters is 1. The number of carbonyl (C=O) groups excluding carboxylic acids is 3. The summed E-state index contributed by atoms with van der Waals surface area (Å²) in [6.07, 6.45) is 0.543. The van der Waals surface area contributed by atoms with Gasteiger partial charge in [0, 0.05) is 13.0 Å². The smallest absolute Gasteiger partial charge is 0.338 e. The lowest BCUT2D eigenvalue weighted by Crippen LogP contribution is -2.32. The van der Waals surface area contributed by atoms with E-state index in [4.69, 9.17) is 9.88 Å². The number of nitrogens with two attached hydrogens (primary N) is 1. The number of ether oxygens (including phenoxy) is 1. The van der Waals surface area contributed by atoms with E-state index >= 15 is 0 Å². The molecule has 1 aliphatic rings. The molecule has 3 N–H and O–H groups in total. The molecule has 10 nitrogen and oxygen atoms in total. The van der Waals surface area contributed by atoms with E-state index in [0.717, 1.165) is 16.0 Å². The average molecular weight is 595 g/mol. The van der Waals surface area contributed by atoms with Gasteiger partial charge in [-0.25, -0.2) is 28.2 Å². The molecule has 1 aliphatic heterocycles. The van der Waals surface area contributed by atoms with Crippen molar-refractivity contribution in [1.29, 1.82) is 0 Å². The number of nitrogens with zero attached hydrogens (tertiary/aromatic N) is 2. The van der Waals surface area contributed by atoms with Crippen molar-refractivity contribution in [3.8, 4) is 0 Å². The summed E-state index contributed by atoms with van der Waals surface area (Å²) in [5.41, 5.74) is 3.36. The Morgan fingerprint density at radius 1 is 1.05 bits per heavy atom. The summed E-state index contributed by atoms with van der Waals surface area (Å²) in [4.78, 5) is 44.0. The summed E-state index contributed by atoms with van der Waals surface area (Å²) < 4.78 is 28.0. The summed E-state index contributed by atoms with van der Waals surface area (Å²) in [5.74, 6) is -1.20. The monoisotopic (exact) mass is 594 g/mol. The fourth-order valence-corrected chi connectivity index (χ4v) is 5.63. The zero-order valence-electron chi connectivity index (χ0n) is 22.6. The van der Waals surface area contributed by atoms with Gasteiger partial charge >= 0.3 is 5.97 Å². The van der Waals surface area contributed by atoms with Crippen LogP contribution in [0.15, 0.2) is 82.7 Å². The zero-order valence-corrected chi connectivity index (χ0v) is 24.2. The minimum Gasteiger partial charge on any atom is -0.462 e. The number of hydrogen-bond acceptors (Lipinski definition) is 8. The fraction of sp³-hybridized carbons (Fsp3) is 0.241. The Hall–Kier alpha value is -4.00. The second-order valence-corrected chi connectivity index (χ2v) is 12.0. The Bertz CT molecular complexity index is 1550. The lowest BCUT2D eigenvalue weighted by atomic mass is 10.1. The molecule has 3 aromatic carbocycles. The van der Waals surface area contributed by atoms with Gasteiger partial charge in [0.1, 0.15) is 5.25 Å². The Balaban J connectivity index is 1.47. The molecule has 4 rings (SSSR count). The summed E-state index contributed by atoms with van der Waals surface area (Å²) in [6.45, 7) is 4.37. The van der Waals surface area contributed by atoms with Crippen molar-refractivity contribution in [3.05, 3.63) is 89.5 Å². The van der Waals surface area contributed by atoms with Gasteiger partial charge in [-0.05, 0) is 74.4 Å². The van der Waals surface area contributed by atoms with Crippen molar-refractivity contribution < 1.29 is 27.5 Å². The minimum absolute atomic E-state index is 0.00719. The molecule has 12 heteroatoms. The van der Waals surface area contributed by atoms with Crippen LogP contribution in [-0.4, -0.2) is 49.8 Å². The van der Waals surface area contributed by atoms with Gasteiger partial charge in [0.25, 0.3) is 0 Å². The molecule has 3 aromatic rings. The first-order valence-corrected chi connectivity index (χ1v) is 15.3. The van der Waals surface area contributed by atoms with Gasteiger partial charge in [0.2, 0.25) is 21.8 Å². The first kappa shape index (κ1) is 30.0. The van der Waals surface area contributed by atoms with E-state index in [2.05, 4.69) is 10.3 Å². The number of amides is 2. The average Bonchev–Trinajstić information content (AvgIpc) is 3.22. The van der Waals surface area contributed by atoms with Crippen LogP contribution < -0.4 is 15.4 Å². The standard InChI is InChI=1S/C29H30N4O6S2/c1-3-39-28(36)21-8-12-23(13-9-21)33-26(34)18-25(27(33)35)40-29(32-22-10-4-19(2)5-11-22)31-17-16-20-6-14-24(15-7-20)41(30,37)38/h4-15,25H,3,16-18H2,1-2H3,(H,31,32)(H2,30,37,38). The highest BCUT2D eigenvalue weighted by molar-refractivity contribution is 8.15. The maximum atomic E-state index is 13.3. The molecule has 0 spiro atoms. The summed E-state index contributed by atoms with van der Waals surface area (Å²) >= 11 is 1.17. The third kappa shape index (κ3) is 7.81. The molecule has 1 saturated heterocycles. The number of thioether (sulfide) groups is 1. The van der Waals surface area contributed by atoms with Crippen molar-refractivity contribution in [2.75, 3.05) is 18.1 Å². The molecule has 0 bridgehead atoms. The number of nitrogens with one attached hydrogen (secondary N) is 1. The van der Waals surface area contributed by atoms with Gasteiger partial charge in [-0.2, -0.15) is 0 Å². The van der Waals surface area contributed by atoms with Crippen LogP contribution in [0.4, 0.5) is 11.4 Å². The fourth-order valence-electron chi connectivity index (χ4n) is 4.07. The number of imide groups is 1. The topological polar surface area (TPSA) is 148 Å². The second kappa shape index (κ2) is 13.1. The molecule has 214 valence electrons. The minimum atomic E-state index is -3.77. The van der Waals surface area contributed by atoms with Crippen LogP contribution in [0.25, 0.3) is 0 Å². The molecular weight excluding hydrogens is 564 g/mol. The van der Waals surface area contributed by atoms with Crippen LogP contribution in [-0.2, 0) is 30.8 Å². The number of rotatable bonds is 9. The quantitative estimate of drug-likeness (QED) is 0.165. The summed E-state index contributed by atoms with van der Waals surface area (Å²) in [7, 11) is -3.77. The Labute approximate surface area is 243 Å². The Morgan fingerprint density at radius 3 is 2.32 bits per heavy atom. The first-order chi connectivity index (χ1) is 19.5. The zero-order chi connectivity index (χ0) is 29.6. The van der Waals surface area contributed by atoms with Crippen molar-refractivity contribution in [2.24, 2.45) is 10.1 Å². The third-order valence-electron chi connectivity index (χ3n) is 6.20. The van der Waals surface area contributed by atoms with E-state index in [-0.39, 0.29) is 29.7 Å². The molecule has 1 atom stereocenters. The van der Waals surface area contributed by atoms with Crippen LogP contribution in [0, 0.1) is 6.92 Å². The largest absolute Gasteiger partial charge is 0.462 e. The van der Waals surface area contributed by atoms with E-state index in [1.807, 2.05) is 31.2 Å². The molecule has 1 unspecified atom stereocenters. The number of benzene rings is 3. The lowest BCUT2D eigenvalue weighted by Gasteiger charge is -2.16. The number of amidine groups is 1. The SMILES string of the molecule is CCOC(=O)c1ccc(N2C(=O)CC(S/C(=N/c3ccc(C)cc3)NCCc3ccc(S(N)(=O)=O)cc3)C2=O)cc1. The highest BCUT2D eigenvalue weighted by Crippen LogP contribution is 2.31. The summed E-state index contributed by atoms with van der Waals surface area (Å²) in [6, 6.07) is 20.0. The Kier molecular flexibility index (Phi) is 9.58. The van der Waals surface area contributed by atoms with Crippen LogP contribution in [0.3, 0.4) is 0 Å². The van der Waals surface area contributed by atoms with E-state index in [1.54, 1.807) is 31.2 Å². The van der Waals surface area contributed by atoms with E-state index < -0.39 is 21.2 Å². The molecule has 0 aliphatic carbocycles. The maximum Gasteiger partial charge on any atom is 0.338 e. The van der Waals surface area contributed by atoms with Gasteiger partial charge in [-0.1, -0.05) is 41.6 Å². The van der Waals surface area contributed by atoms with E-state index in [1.165, 1.54) is 36.0 Å². The molecule has 2 amide bonds. The summed E-state index contributed by atoms with van der Waals surface area (Å²) in [5, 5.41) is 8.21. The van der Waals surface area contributed by atoms with Gasteiger partial charge < -0.3 is 10.1 Å². The molecule has 0 aromatic heterocycles. The first-order valence-electron chi connectivity index (χ1n) is 12.9. The predicted octanol–water partition coefficient (Wildman–Crippen LogP) is 3.70. The number of anilines is 1. The highest BCUT2D eigenvalue weighted by Gasteiger charge is 2.41. The number of sulfonamides is 1. The van der Waals surface area contributed by atoms with Gasteiger partial charge in [-0.15, -0.1) is 0 Å². The van der Waals surface area contributed by atoms with Crippen LogP contribution in [0.1, 0.15) is 34.8 Å². The molecule has 0 saturated carbocycles. The number of aryl methyl sites for hydroxylation is 1. The number of hydrogen-bond donors (Lipinski definition) is 2. The number of primary sulfonamides is 1. The predicted molar refractivity (Wildman–Crippen MR) is 159 cm³/mol. The molecule has 1 fully saturated rings. The van der Waals surface area contributed by atoms with Crippen LogP contribution in [0.5, 0.6) is 0 Å². The molecule has 41 heavy (non-hydrogen) atoms. The lowest BCUT2D eigenvalue weighted by molar-refractivity contribution is -0.121. The highest BCUT2D eigenvalue weighted by atomic mass is 32.2. The number of carbonyl (C=O) groups is 3. The normalized spacial score (nSPS) is 15.7. The van der Waals surface area contributed by atoms with Crippen molar-refractivity contribution in [1.82, 2.24) is 5.32 Å².